The van der Waals surface area contributed by atoms with Crippen molar-refractivity contribution in [3.05, 3.63) is 11.8 Å². The molecule has 68 valence electrons. The Hall–Kier alpha value is -0.573. The Morgan fingerprint density at radius 1 is 1.67 bits per heavy atom. The lowest BCUT2D eigenvalue weighted by atomic mass is 10.3. The summed E-state index contributed by atoms with van der Waals surface area (Å²) in [4.78, 5) is 10.4. The molecule has 12 heavy (non-hydrogen) atoms. The van der Waals surface area contributed by atoms with Gasteiger partial charge in [0.1, 0.15) is 0 Å². The maximum atomic E-state index is 10.4. The summed E-state index contributed by atoms with van der Waals surface area (Å²) in [7, 11) is -1.26. The summed E-state index contributed by atoms with van der Waals surface area (Å²) in [5, 5.41) is 8.56. The number of hydrogen-bond donors (Lipinski definition) is 1. The van der Waals surface area contributed by atoms with E-state index >= 15 is 0 Å². The van der Waals surface area contributed by atoms with Crippen molar-refractivity contribution in [1.29, 1.82) is 0 Å². The van der Waals surface area contributed by atoms with E-state index in [4.69, 9.17) is 5.11 Å². The van der Waals surface area contributed by atoms with Gasteiger partial charge in [-0.3, -0.25) is 4.79 Å². The Morgan fingerprint density at radius 3 is 2.92 bits per heavy atom. The average molecular weight is 184 g/mol. The van der Waals surface area contributed by atoms with Crippen molar-refractivity contribution in [2.24, 2.45) is 0 Å². The lowest BCUT2D eigenvalue weighted by Gasteiger charge is -2.25. The van der Waals surface area contributed by atoms with E-state index in [-0.39, 0.29) is 0 Å². The normalized spacial score (nSPS) is 28.8. The van der Waals surface area contributed by atoms with Crippen molar-refractivity contribution in [3.8, 4) is 0 Å². The van der Waals surface area contributed by atoms with Crippen LogP contribution in [-0.2, 0) is 4.79 Å². The Labute approximate surface area is 74.3 Å². The molecule has 0 aromatic heterocycles. The summed E-state index contributed by atoms with van der Waals surface area (Å²) in [6, 6.07) is 2.19. The van der Waals surface area contributed by atoms with Gasteiger partial charge in [-0.15, -0.1) is 0 Å². The highest BCUT2D eigenvalue weighted by Gasteiger charge is 2.25. The molecule has 0 aromatic rings. The molecule has 0 saturated heterocycles. The van der Waals surface area contributed by atoms with Crippen LogP contribution in [0.2, 0.25) is 18.6 Å². The molecule has 1 aliphatic rings. The molecule has 0 fully saturated rings. The van der Waals surface area contributed by atoms with Gasteiger partial charge in [0.25, 0.3) is 0 Å². The predicted octanol–water partition coefficient (Wildman–Crippen LogP) is 2.43. The second kappa shape index (κ2) is 3.89. The molecule has 0 aliphatic carbocycles. The molecule has 1 aliphatic heterocycles. The van der Waals surface area contributed by atoms with Crippen LogP contribution in [0.15, 0.2) is 11.8 Å². The lowest BCUT2D eigenvalue weighted by molar-refractivity contribution is -0.136. The van der Waals surface area contributed by atoms with Crippen molar-refractivity contribution in [3.63, 3.8) is 0 Å². The Kier molecular flexibility index (Phi) is 3.09. The van der Waals surface area contributed by atoms with Crippen molar-refractivity contribution < 1.29 is 9.90 Å². The van der Waals surface area contributed by atoms with Gasteiger partial charge in [0.2, 0.25) is 0 Å². The van der Waals surface area contributed by atoms with E-state index in [1.54, 1.807) is 0 Å². The highest BCUT2D eigenvalue weighted by Crippen LogP contribution is 2.26. The van der Waals surface area contributed by atoms with Crippen LogP contribution in [-0.4, -0.2) is 19.1 Å². The van der Waals surface area contributed by atoms with Gasteiger partial charge in [0.15, 0.2) is 0 Å². The first-order valence-corrected chi connectivity index (χ1v) is 7.51. The summed E-state index contributed by atoms with van der Waals surface area (Å²) in [6.45, 7) is 2.28. The van der Waals surface area contributed by atoms with E-state index in [9.17, 15) is 4.79 Å². The third-order valence-electron chi connectivity index (χ3n) is 2.55. The first-order valence-electron chi connectivity index (χ1n) is 4.52. The molecular formula is C9H16O2Si. The zero-order chi connectivity index (χ0) is 9.03. The molecule has 2 nitrogen and oxygen atoms in total. The van der Waals surface area contributed by atoms with Gasteiger partial charge < -0.3 is 5.11 Å². The minimum absolute atomic E-state index is 0.354. The molecular weight excluding hydrogens is 168 g/mol. The fraction of sp³-hybridized carbons (Fsp3) is 0.667. The minimum atomic E-state index is -1.26. The Morgan fingerprint density at radius 2 is 2.42 bits per heavy atom. The summed E-state index contributed by atoms with van der Waals surface area (Å²) < 4.78 is 0. The van der Waals surface area contributed by atoms with Gasteiger partial charge in [-0.2, -0.15) is 0 Å². The smallest absolute Gasteiger partial charge is 0.303 e. The van der Waals surface area contributed by atoms with Gasteiger partial charge in [-0.1, -0.05) is 30.8 Å². The molecule has 0 bridgehead atoms. The monoisotopic (exact) mass is 184 g/mol. The topological polar surface area (TPSA) is 37.3 Å². The summed E-state index contributed by atoms with van der Waals surface area (Å²) >= 11 is 0. The largest absolute Gasteiger partial charge is 0.481 e. The highest BCUT2D eigenvalue weighted by molar-refractivity contribution is 6.83. The van der Waals surface area contributed by atoms with Crippen LogP contribution < -0.4 is 0 Å². The fourth-order valence-corrected chi connectivity index (χ4v) is 4.79. The average Bonchev–Trinajstić information content (AvgIpc) is 2.03. The lowest BCUT2D eigenvalue weighted by Crippen LogP contribution is -2.29. The van der Waals surface area contributed by atoms with Crippen LogP contribution in [0.3, 0.4) is 0 Å². The summed E-state index contributed by atoms with van der Waals surface area (Å²) in [5.41, 5.74) is 2.32. The van der Waals surface area contributed by atoms with Gasteiger partial charge in [-0.05, 0) is 12.5 Å². The number of aliphatic carboxylic acids is 1. The molecule has 1 heterocycles. The highest BCUT2D eigenvalue weighted by atomic mass is 28.3. The maximum Gasteiger partial charge on any atom is 0.303 e. The van der Waals surface area contributed by atoms with Gasteiger partial charge >= 0.3 is 5.97 Å². The number of hydrogen-bond acceptors (Lipinski definition) is 1. The SMILES string of the molecule is C[Si]1(CCC(=O)O)C=CCCC1. The first kappa shape index (κ1) is 9.51. The Balaban J connectivity index is 2.42. The van der Waals surface area contributed by atoms with Gasteiger partial charge in [-0.25, -0.2) is 0 Å². The number of allylic oxidation sites excluding steroid dienone is 1. The molecule has 1 rings (SSSR count). The minimum Gasteiger partial charge on any atom is -0.481 e. The molecule has 3 heteroatoms. The van der Waals surface area contributed by atoms with E-state index in [0.29, 0.717) is 6.42 Å². The number of carbonyl (C=O) groups is 1. The van der Waals surface area contributed by atoms with Crippen LogP contribution >= 0.6 is 0 Å². The summed E-state index contributed by atoms with van der Waals surface area (Å²) in [6.07, 6.45) is 5.04. The van der Waals surface area contributed by atoms with Gasteiger partial charge in [0, 0.05) is 6.42 Å². The maximum absolute atomic E-state index is 10.4. The number of rotatable bonds is 3. The number of carboxylic acids is 1. The van der Waals surface area contributed by atoms with E-state index in [0.717, 1.165) is 6.04 Å². The van der Waals surface area contributed by atoms with E-state index in [1.165, 1.54) is 18.9 Å². The zero-order valence-corrected chi connectivity index (χ0v) is 8.55. The molecule has 0 radical (unpaired) electrons. The van der Waals surface area contributed by atoms with Crippen molar-refractivity contribution in [2.75, 3.05) is 0 Å². The molecule has 0 saturated carbocycles. The van der Waals surface area contributed by atoms with Crippen molar-refractivity contribution in [2.45, 2.75) is 37.9 Å². The van der Waals surface area contributed by atoms with Crippen LogP contribution in [0.5, 0.6) is 0 Å². The van der Waals surface area contributed by atoms with Crippen LogP contribution in [0.1, 0.15) is 19.3 Å². The predicted molar refractivity (Wildman–Crippen MR) is 51.9 cm³/mol. The standard InChI is InChI=1S/C9H16O2Si/c1-12(8-5-9(10)11)6-3-2-4-7-12/h3,6H,2,4-5,7-8H2,1H3,(H,10,11). The van der Waals surface area contributed by atoms with E-state index in [2.05, 4.69) is 18.3 Å². The third kappa shape index (κ3) is 2.81. The quantitative estimate of drug-likeness (QED) is 0.684. The molecule has 0 spiro atoms. The molecule has 0 amide bonds. The second-order valence-corrected chi connectivity index (χ2v) is 8.48. The zero-order valence-electron chi connectivity index (χ0n) is 7.55. The Bertz CT molecular complexity index is 201. The molecule has 1 unspecified atom stereocenters. The van der Waals surface area contributed by atoms with Crippen LogP contribution in [0, 0.1) is 0 Å². The molecule has 1 atom stereocenters. The molecule has 1 N–H and O–H groups in total. The fourth-order valence-electron chi connectivity index (χ4n) is 1.68. The number of carboxylic acid groups (broad SMARTS) is 1. The molecule has 0 aromatic carbocycles. The van der Waals surface area contributed by atoms with E-state index in [1.807, 2.05) is 0 Å². The summed E-state index contributed by atoms with van der Waals surface area (Å²) in [5.74, 6) is -0.650. The second-order valence-electron chi connectivity index (χ2n) is 3.84. The van der Waals surface area contributed by atoms with Crippen LogP contribution in [0.25, 0.3) is 0 Å². The third-order valence-corrected chi connectivity index (χ3v) is 6.48. The van der Waals surface area contributed by atoms with Gasteiger partial charge in [0.05, 0.1) is 8.07 Å². The van der Waals surface area contributed by atoms with E-state index < -0.39 is 14.0 Å². The van der Waals surface area contributed by atoms with Crippen molar-refractivity contribution >= 4 is 14.0 Å². The van der Waals surface area contributed by atoms with Crippen molar-refractivity contribution in [1.82, 2.24) is 0 Å². The van der Waals surface area contributed by atoms with Crippen LogP contribution in [0.4, 0.5) is 0 Å². The first-order chi connectivity index (χ1) is 5.62.